The molecule has 0 saturated heterocycles. The largest absolute Gasteiger partial charge is 0.279 e. The summed E-state index contributed by atoms with van der Waals surface area (Å²) in [5.41, 5.74) is 6.97. The van der Waals surface area contributed by atoms with Gasteiger partial charge < -0.3 is 0 Å². The molecule has 4 heterocycles. The van der Waals surface area contributed by atoms with Gasteiger partial charge in [0.1, 0.15) is 23.3 Å². The number of nitrogens with zero attached hydrogens (tertiary/aromatic N) is 6. The Morgan fingerprint density at radius 1 is 0.396 bits per heavy atom. The molecule has 1 aromatic carbocycles. The van der Waals surface area contributed by atoms with Crippen LogP contribution in [0.2, 0.25) is 0 Å². The third-order valence-corrected chi connectivity index (χ3v) is 8.08. The van der Waals surface area contributed by atoms with Crippen molar-refractivity contribution in [1.29, 1.82) is 0 Å². The molecule has 4 aromatic heterocycles. The lowest BCUT2D eigenvalue weighted by atomic mass is 10.0. The van der Waals surface area contributed by atoms with E-state index in [0.29, 0.717) is 23.7 Å². The normalized spacial score (nSPS) is 11.6. The van der Waals surface area contributed by atoms with Crippen molar-refractivity contribution in [2.24, 2.45) is 23.7 Å². The second-order valence-electron chi connectivity index (χ2n) is 14.7. The number of rotatable bonds is 14. The summed E-state index contributed by atoms with van der Waals surface area (Å²) in [4.78, 5) is 24.0. The Hall–Kier alpha value is -4.58. The van der Waals surface area contributed by atoms with Crippen LogP contribution in [0, 0.1) is 23.7 Å². The van der Waals surface area contributed by atoms with E-state index in [2.05, 4.69) is 138 Å². The van der Waals surface area contributed by atoms with Crippen LogP contribution < -0.4 is 9.80 Å². The SMILES string of the molecule is CC(C)Cc1ccnc(N(c2cccc(N(c3cc(CC(C)C)ccn3)c3cc(CC(C)C)ccn3)c2)c2cc(CC(C)C)ccn2)c1. The summed E-state index contributed by atoms with van der Waals surface area (Å²) in [6.07, 6.45) is 11.6. The van der Waals surface area contributed by atoms with Gasteiger partial charge in [0, 0.05) is 24.8 Å². The quantitative estimate of drug-likeness (QED) is 0.120. The number of hydrogen-bond donors (Lipinski definition) is 0. The predicted molar refractivity (Wildman–Crippen MR) is 201 cm³/mol. The molecule has 5 rings (SSSR count). The molecule has 0 aliphatic heterocycles. The Bertz CT molecular complexity index is 1540. The Labute approximate surface area is 288 Å². The van der Waals surface area contributed by atoms with E-state index in [0.717, 1.165) is 60.3 Å². The topological polar surface area (TPSA) is 58.0 Å². The average Bonchev–Trinajstić information content (AvgIpc) is 3.01. The van der Waals surface area contributed by atoms with Crippen LogP contribution in [0.25, 0.3) is 0 Å². The fourth-order valence-electron chi connectivity index (χ4n) is 6.26. The van der Waals surface area contributed by atoms with Gasteiger partial charge in [-0.1, -0.05) is 61.5 Å². The molecule has 0 N–H and O–H groups in total. The Balaban J connectivity index is 1.68. The van der Waals surface area contributed by atoms with Crippen molar-refractivity contribution in [3.8, 4) is 0 Å². The van der Waals surface area contributed by atoms with Gasteiger partial charge in [-0.15, -0.1) is 0 Å². The van der Waals surface area contributed by atoms with Gasteiger partial charge in [-0.2, -0.15) is 0 Å². The Kier molecular flexibility index (Phi) is 11.6. The molecule has 0 bridgehead atoms. The van der Waals surface area contributed by atoms with Crippen LogP contribution >= 0.6 is 0 Å². The van der Waals surface area contributed by atoms with E-state index in [9.17, 15) is 0 Å². The molecule has 0 aliphatic rings. The summed E-state index contributed by atoms with van der Waals surface area (Å²) in [7, 11) is 0. The summed E-state index contributed by atoms with van der Waals surface area (Å²) in [5, 5.41) is 0. The van der Waals surface area contributed by atoms with Crippen LogP contribution in [0.1, 0.15) is 77.6 Å². The van der Waals surface area contributed by atoms with Gasteiger partial charge in [0.25, 0.3) is 0 Å². The predicted octanol–water partition coefficient (Wildman–Crippen LogP) is 11.0. The summed E-state index contributed by atoms with van der Waals surface area (Å²) >= 11 is 0. The molecule has 48 heavy (non-hydrogen) atoms. The first-order valence-electron chi connectivity index (χ1n) is 17.6. The highest BCUT2D eigenvalue weighted by molar-refractivity contribution is 5.79. The van der Waals surface area contributed by atoms with Gasteiger partial charge in [0.05, 0.1) is 11.4 Å². The van der Waals surface area contributed by atoms with Gasteiger partial charge in [0.15, 0.2) is 0 Å². The number of hydrogen-bond acceptors (Lipinski definition) is 6. The summed E-state index contributed by atoms with van der Waals surface area (Å²) < 4.78 is 0. The Morgan fingerprint density at radius 2 is 0.667 bits per heavy atom. The summed E-state index contributed by atoms with van der Waals surface area (Å²) in [6, 6.07) is 25.9. The molecular formula is C42H52N6. The van der Waals surface area contributed by atoms with Crippen LogP contribution in [-0.4, -0.2) is 19.9 Å². The highest BCUT2D eigenvalue weighted by atomic mass is 15.3. The maximum atomic E-state index is 4.91. The zero-order chi connectivity index (χ0) is 34.2. The van der Waals surface area contributed by atoms with Gasteiger partial charge in [-0.3, -0.25) is 9.80 Å². The van der Waals surface area contributed by atoms with Crippen molar-refractivity contribution in [2.45, 2.75) is 81.1 Å². The van der Waals surface area contributed by atoms with E-state index in [1.807, 2.05) is 24.8 Å². The first-order chi connectivity index (χ1) is 23.0. The van der Waals surface area contributed by atoms with E-state index < -0.39 is 0 Å². The molecule has 0 aliphatic carbocycles. The maximum Gasteiger partial charge on any atom is 0.138 e. The van der Waals surface area contributed by atoms with Gasteiger partial charge in [-0.25, -0.2) is 19.9 Å². The number of pyridine rings is 4. The molecule has 5 aromatic rings. The number of anilines is 6. The zero-order valence-electron chi connectivity index (χ0n) is 30.1. The molecule has 0 unspecified atom stereocenters. The van der Waals surface area contributed by atoms with E-state index in [1.54, 1.807) is 0 Å². The molecule has 0 fully saturated rings. The average molecular weight is 641 g/mol. The third kappa shape index (κ3) is 9.27. The second kappa shape index (κ2) is 16.0. The van der Waals surface area contributed by atoms with Gasteiger partial charge in [0.2, 0.25) is 0 Å². The molecular weight excluding hydrogens is 589 g/mol. The van der Waals surface area contributed by atoms with E-state index in [4.69, 9.17) is 19.9 Å². The molecule has 6 heteroatoms. The molecule has 0 saturated carbocycles. The lowest BCUT2D eigenvalue weighted by Crippen LogP contribution is -2.17. The van der Waals surface area contributed by atoms with E-state index >= 15 is 0 Å². The minimum Gasteiger partial charge on any atom is -0.279 e. The lowest BCUT2D eigenvalue weighted by molar-refractivity contribution is 0.646. The fraction of sp³-hybridized carbons (Fsp3) is 0.381. The van der Waals surface area contributed by atoms with Crippen molar-refractivity contribution in [2.75, 3.05) is 9.80 Å². The van der Waals surface area contributed by atoms with E-state index in [1.165, 1.54) is 22.3 Å². The molecule has 0 radical (unpaired) electrons. The van der Waals surface area contributed by atoms with Crippen molar-refractivity contribution in [3.63, 3.8) is 0 Å². The lowest BCUT2D eigenvalue weighted by Gasteiger charge is -2.28. The zero-order valence-corrected chi connectivity index (χ0v) is 30.1. The highest BCUT2D eigenvalue weighted by Gasteiger charge is 2.21. The van der Waals surface area contributed by atoms with Crippen molar-refractivity contribution >= 4 is 34.6 Å². The second-order valence-corrected chi connectivity index (χ2v) is 14.7. The number of aromatic nitrogens is 4. The number of benzene rings is 1. The van der Waals surface area contributed by atoms with Crippen LogP contribution in [-0.2, 0) is 25.7 Å². The van der Waals surface area contributed by atoms with E-state index in [-0.39, 0.29) is 0 Å². The van der Waals surface area contributed by atoms with Crippen molar-refractivity contribution < 1.29 is 0 Å². The summed E-state index contributed by atoms with van der Waals surface area (Å²) in [5.74, 6) is 5.54. The summed E-state index contributed by atoms with van der Waals surface area (Å²) in [6.45, 7) is 18.0. The van der Waals surface area contributed by atoms with Gasteiger partial charge >= 0.3 is 0 Å². The smallest absolute Gasteiger partial charge is 0.138 e. The minimum absolute atomic E-state index is 0.538. The van der Waals surface area contributed by atoms with Crippen LogP contribution in [0.3, 0.4) is 0 Å². The molecule has 0 amide bonds. The van der Waals surface area contributed by atoms with Gasteiger partial charge in [-0.05, 0) is 138 Å². The standard InChI is InChI=1S/C42H52N6/c1-29(2)20-33-12-16-43-39(24-33)47(40-25-34(13-17-44-40)21-30(3)4)37-10-9-11-38(28-37)48(41-26-35(14-18-45-41)22-31(5)6)42-27-36(15-19-46-42)23-32(7)8/h9-19,24-32H,20-23H2,1-8H3. The first kappa shape index (κ1) is 34.7. The van der Waals surface area contributed by atoms with Crippen molar-refractivity contribution in [3.05, 3.63) is 120 Å². The fourth-order valence-corrected chi connectivity index (χ4v) is 6.26. The molecule has 250 valence electrons. The minimum atomic E-state index is 0.538. The highest BCUT2D eigenvalue weighted by Crippen LogP contribution is 2.39. The molecule has 0 atom stereocenters. The van der Waals surface area contributed by atoms with Crippen LogP contribution in [0.15, 0.2) is 97.6 Å². The first-order valence-corrected chi connectivity index (χ1v) is 17.6. The molecule has 6 nitrogen and oxygen atoms in total. The maximum absolute atomic E-state index is 4.91. The van der Waals surface area contributed by atoms with Crippen LogP contribution in [0.5, 0.6) is 0 Å². The van der Waals surface area contributed by atoms with Crippen molar-refractivity contribution in [1.82, 2.24) is 19.9 Å². The Morgan fingerprint density at radius 3 is 0.917 bits per heavy atom. The molecule has 0 spiro atoms. The third-order valence-electron chi connectivity index (χ3n) is 8.08. The van der Waals surface area contributed by atoms with Crippen LogP contribution in [0.4, 0.5) is 34.6 Å². The monoisotopic (exact) mass is 640 g/mol.